The Bertz CT molecular complexity index is 845. The number of ether oxygens (including phenoxy) is 1. The molecular formula is C19H15F4NO3. The Labute approximate surface area is 152 Å². The fraction of sp³-hybridized carbons (Fsp3) is 0.158. The van der Waals surface area contributed by atoms with Crippen molar-refractivity contribution in [2.24, 2.45) is 0 Å². The van der Waals surface area contributed by atoms with E-state index in [9.17, 15) is 27.2 Å². The van der Waals surface area contributed by atoms with Gasteiger partial charge < -0.3 is 10.1 Å². The third-order valence-electron chi connectivity index (χ3n) is 3.45. The van der Waals surface area contributed by atoms with Crippen LogP contribution < -0.4 is 5.32 Å². The Morgan fingerprint density at radius 1 is 1.07 bits per heavy atom. The molecule has 0 aromatic heterocycles. The van der Waals surface area contributed by atoms with Crippen molar-refractivity contribution < 1.29 is 31.9 Å². The number of rotatable bonds is 5. The van der Waals surface area contributed by atoms with Crippen LogP contribution in [0.25, 0.3) is 6.08 Å². The van der Waals surface area contributed by atoms with Gasteiger partial charge in [-0.3, -0.25) is 4.79 Å². The molecule has 0 aliphatic carbocycles. The number of carbonyl (C=O) groups is 2. The number of alkyl halides is 3. The van der Waals surface area contributed by atoms with Gasteiger partial charge in [-0.1, -0.05) is 18.2 Å². The van der Waals surface area contributed by atoms with Crippen LogP contribution in [-0.2, 0) is 20.5 Å². The summed E-state index contributed by atoms with van der Waals surface area (Å²) in [7, 11) is 0. The number of hydrogen-bond donors (Lipinski definition) is 1. The van der Waals surface area contributed by atoms with Crippen LogP contribution in [0.15, 0.2) is 54.6 Å². The van der Waals surface area contributed by atoms with Crippen LogP contribution in [0, 0.1) is 5.82 Å². The number of amides is 1. The number of anilines is 1. The van der Waals surface area contributed by atoms with Gasteiger partial charge in [0.25, 0.3) is 5.91 Å². The summed E-state index contributed by atoms with van der Waals surface area (Å²) in [5.74, 6) is -2.11. The van der Waals surface area contributed by atoms with Gasteiger partial charge in [-0.2, -0.15) is 13.2 Å². The Hall–Kier alpha value is -3.16. The molecule has 0 heterocycles. The minimum Gasteiger partial charge on any atom is -0.449 e. The van der Waals surface area contributed by atoms with Crippen molar-refractivity contribution in [3.05, 3.63) is 71.6 Å². The molecule has 0 saturated heterocycles. The first kappa shape index (κ1) is 20.2. The Balaban J connectivity index is 1.91. The summed E-state index contributed by atoms with van der Waals surface area (Å²) in [5.41, 5.74) is -0.549. The lowest BCUT2D eigenvalue weighted by atomic mass is 10.2. The van der Waals surface area contributed by atoms with Gasteiger partial charge in [0, 0.05) is 17.3 Å². The topological polar surface area (TPSA) is 55.4 Å². The van der Waals surface area contributed by atoms with Crippen molar-refractivity contribution in [1.29, 1.82) is 0 Å². The molecule has 0 saturated carbocycles. The molecule has 0 radical (unpaired) electrons. The minimum atomic E-state index is -4.48. The van der Waals surface area contributed by atoms with Crippen LogP contribution in [0.5, 0.6) is 0 Å². The highest BCUT2D eigenvalue weighted by molar-refractivity contribution is 5.96. The van der Waals surface area contributed by atoms with Gasteiger partial charge in [-0.05, 0) is 43.3 Å². The van der Waals surface area contributed by atoms with Gasteiger partial charge in [-0.15, -0.1) is 0 Å². The second-order valence-electron chi connectivity index (χ2n) is 5.50. The van der Waals surface area contributed by atoms with Crippen LogP contribution >= 0.6 is 0 Å². The maximum Gasteiger partial charge on any atom is 0.416 e. The zero-order valence-corrected chi connectivity index (χ0v) is 14.1. The molecule has 2 aromatic carbocycles. The van der Waals surface area contributed by atoms with E-state index in [1.165, 1.54) is 31.2 Å². The second kappa shape index (κ2) is 8.48. The lowest BCUT2D eigenvalue weighted by molar-refractivity contribution is -0.148. The molecule has 1 N–H and O–H groups in total. The van der Waals surface area contributed by atoms with Crippen LogP contribution in [-0.4, -0.2) is 18.0 Å². The van der Waals surface area contributed by atoms with E-state index in [-0.39, 0.29) is 11.3 Å². The quantitative estimate of drug-likeness (QED) is 0.474. The zero-order valence-electron chi connectivity index (χ0n) is 14.1. The first-order chi connectivity index (χ1) is 12.7. The van der Waals surface area contributed by atoms with Gasteiger partial charge >= 0.3 is 12.1 Å². The maximum atomic E-state index is 13.4. The van der Waals surface area contributed by atoms with Gasteiger partial charge in [0.2, 0.25) is 0 Å². The van der Waals surface area contributed by atoms with Crippen molar-refractivity contribution in [1.82, 2.24) is 0 Å². The molecule has 0 unspecified atom stereocenters. The molecule has 0 bridgehead atoms. The summed E-state index contributed by atoms with van der Waals surface area (Å²) >= 11 is 0. The van der Waals surface area contributed by atoms with Crippen LogP contribution in [0.3, 0.4) is 0 Å². The van der Waals surface area contributed by atoms with Gasteiger partial charge in [-0.25, -0.2) is 9.18 Å². The number of esters is 1. The molecule has 0 spiro atoms. The molecule has 142 valence electrons. The van der Waals surface area contributed by atoms with E-state index in [0.717, 1.165) is 30.3 Å². The normalized spacial score (nSPS) is 12.6. The van der Waals surface area contributed by atoms with Crippen LogP contribution in [0.1, 0.15) is 18.1 Å². The lowest BCUT2D eigenvalue weighted by Crippen LogP contribution is -2.29. The SMILES string of the molecule is C[C@@H](OC(=O)/C=C/c1ccccc1F)C(=O)Nc1ccc(C(F)(F)F)cc1. The van der Waals surface area contributed by atoms with E-state index in [1.54, 1.807) is 6.07 Å². The second-order valence-corrected chi connectivity index (χ2v) is 5.50. The molecule has 27 heavy (non-hydrogen) atoms. The third kappa shape index (κ3) is 5.95. The highest BCUT2D eigenvalue weighted by Crippen LogP contribution is 2.29. The monoisotopic (exact) mass is 381 g/mol. The third-order valence-corrected chi connectivity index (χ3v) is 3.45. The fourth-order valence-corrected chi connectivity index (χ4v) is 2.02. The van der Waals surface area contributed by atoms with E-state index in [0.29, 0.717) is 0 Å². The lowest BCUT2D eigenvalue weighted by Gasteiger charge is -2.13. The zero-order chi connectivity index (χ0) is 20.0. The number of carbonyl (C=O) groups excluding carboxylic acids is 2. The molecule has 8 heteroatoms. The maximum absolute atomic E-state index is 13.4. The standard InChI is InChI=1S/C19H15F4NO3/c1-12(27-17(25)11-6-13-4-2-3-5-16(13)20)18(26)24-15-9-7-14(8-10-15)19(21,22)23/h2-12H,1H3,(H,24,26)/b11-6+/t12-/m1/s1. The van der Waals surface area contributed by atoms with E-state index < -0.39 is 35.5 Å². The predicted molar refractivity (Wildman–Crippen MR) is 91.1 cm³/mol. The molecule has 0 aliphatic rings. The first-order valence-corrected chi connectivity index (χ1v) is 7.78. The summed E-state index contributed by atoms with van der Waals surface area (Å²) in [6.45, 7) is 1.30. The summed E-state index contributed by atoms with van der Waals surface area (Å²) in [6.07, 6.45) is -3.50. The summed E-state index contributed by atoms with van der Waals surface area (Å²) in [5, 5.41) is 2.34. The van der Waals surface area contributed by atoms with E-state index in [2.05, 4.69) is 5.32 Å². The number of nitrogens with one attached hydrogen (secondary N) is 1. The van der Waals surface area contributed by atoms with Gasteiger partial charge in [0.15, 0.2) is 6.10 Å². The first-order valence-electron chi connectivity index (χ1n) is 7.78. The fourth-order valence-electron chi connectivity index (χ4n) is 2.02. The molecular weight excluding hydrogens is 366 g/mol. The number of hydrogen-bond acceptors (Lipinski definition) is 3. The highest BCUT2D eigenvalue weighted by Gasteiger charge is 2.30. The van der Waals surface area contributed by atoms with Crippen molar-refractivity contribution >= 4 is 23.6 Å². The number of benzene rings is 2. The van der Waals surface area contributed by atoms with Crippen LogP contribution in [0.2, 0.25) is 0 Å². The molecule has 1 amide bonds. The molecule has 2 rings (SSSR count). The molecule has 0 aliphatic heterocycles. The smallest absolute Gasteiger partial charge is 0.416 e. The van der Waals surface area contributed by atoms with Gasteiger partial charge in [0.05, 0.1) is 5.56 Å². The summed E-state index contributed by atoms with van der Waals surface area (Å²) < 4.78 is 55.8. The average Bonchev–Trinajstić information content (AvgIpc) is 2.60. The summed E-state index contributed by atoms with van der Waals surface area (Å²) in [4.78, 5) is 23.7. The van der Waals surface area contributed by atoms with E-state index in [4.69, 9.17) is 4.74 Å². The predicted octanol–water partition coefficient (Wildman–Crippen LogP) is 4.43. The highest BCUT2D eigenvalue weighted by atomic mass is 19.4. The largest absolute Gasteiger partial charge is 0.449 e. The Morgan fingerprint density at radius 3 is 2.30 bits per heavy atom. The van der Waals surface area contributed by atoms with E-state index >= 15 is 0 Å². The molecule has 1 atom stereocenters. The molecule has 4 nitrogen and oxygen atoms in total. The number of halogens is 4. The van der Waals surface area contributed by atoms with Crippen molar-refractivity contribution in [2.45, 2.75) is 19.2 Å². The van der Waals surface area contributed by atoms with Crippen LogP contribution in [0.4, 0.5) is 23.2 Å². The van der Waals surface area contributed by atoms with E-state index in [1.807, 2.05) is 0 Å². The van der Waals surface area contributed by atoms with Crippen molar-refractivity contribution in [2.75, 3.05) is 5.32 Å². The summed E-state index contributed by atoms with van der Waals surface area (Å²) in [6, 6.07) is 9.60. The average molecular weight is 381 g/mol. The van der Waals surface area contributed by atoms with Gasteiger partial charge in [0.1, 0.15) is 5.82 Å². The molecule has 0 fully saturated rings. The Morgan fingerprint density at radius 2 is 1.70 bits per heavy atom. The molecule has 2 aromatic rings. The van der Waals surface area contributed by atoms with Crippen molar-refractivity contribution in [3.63, 3.8) is 0 Å². The van der Waals surface area contributed by atoms with Crippen molar-refractivity contribution in [3.8, 4) is 0 Å². The Kier molecular flexibility index (Phi) is 6.33. The minimum absolute atomic E-state index is 0.123.